The van der Waals surface area contributed by atoms with Gasteiger partial charge in [0.2, 0.25) is 10.0 Å². The molecule has 0 fully saturated rings. The highest BCUT2D eigenvalue weighted by Gasteiger charge is 2.36. The number of sulfonamides is 1. The average Bonchev–Trinajstić information content (AvgIpc) is 2.38. The Morgan fingerprint density at radius 3 is 2.19 bits per heavy atom. The number of halogens is 3. The molecule has 0 aliphatic heterocycles. The van der Waals surface area contributed by atoms with Crippen LogP contribution in [0, 0.1) is 0 Å². The summed E-state index contributed by atoms with van der Waals surface area (Å²) >= 11 is 0. The fourth-order valence-corrected chi connectivity index (χ4v) is 3.36. The molecule has 0 aliphatic carbocycles. The molecule has 0 saturated heterocycles. The van der Waals surface area contributed by atoms with Crippen LogP contribution in [0.2, 0.25) is 0 Å². The van der Waals surface area contributed by atoms with Crippen LogP contribution in [-0.2, 0) is 16.4 Å². The zero-order valence-corrected chi connectivity index (χ0v) is 12.4. The molecular formula is C13H18F3NO3S. The van der Waals surface area contributed by atoms with Gasteiger partial charge in [0.25, 0.3) is 0 Å². The van der Waals surface area contributed by atoms with E-state index < -0.39 is 22.7 Å². The van der Waals surface area contributed by atoms with Gasteiger partial charge in [0.1, 0.15) is 6.54 Å². The highest BCUT2D eigenvalue weighted by atomic mass is 32.2. The van der Waals surface area contributed by atoms with Crippen LogP contribution >= 0.6 is 0 Å². The van der Waals surface area contributed by atoms with Crippen LogP contribution in [0.4, 0.5) is 13.2 Å². The minimum Gasteiger partial charge on any atom is -0.396 e. The minimum atomic E-state index is -4.58. The fourth-order valence-electron chi connectivity index (χ4n) is 1.84. The van der Waals surface area contributed by atoms with Crippen molar-refractivity contribution in [2.75, 3.05) is 19.7 Å². The Balaban J connectivity index is 3.04. The standard InChI is InChI=1S/C13H18F3NO3S/c1-2-8-17(10-13(14,15)16)21(19,20)12-5-3-11(4-6-12)7-9-18/h3-6,18H,2,7-10H2,1H3. The monoisotopic (exact) mass is 325 g/mol. The Kier molecular flexibility index (Phi) is 6.18. The first-order valence-corrected chi connectivity index (χ1v) is 7.91. The second kappa shape index (κ2) is 7.24. The summed E-state index contributed by atoms with van der Waals surface area (Å²) in [6.07, 6.45) is -3.93. The second-order valence-electron chi connectivity index (χ2n) is 4.57. The first-order valence-electron chi connectivity index (χ1n) is 6.47. The maximum atomic E-state index is 12.5. The summed E-state index contributed by atoms with van der Waals surface area (Å²) in [5, 5.41) is 8.78. The van der Waals surface area contributed by atoms with E-state index in [0.717, 1.165) is 0 Å². The number of aliphatic hydroxyl groups excluding tert-OH is 1. The normalized spacial score (nSPS) is 12.9. The zero-order chi connectivity index (χ0) is 16.1. The van der Waals surface area contributed by atoms with E-state index >= 15 is 0 Å². The highest BCUT2D eigenvalue weighted by Crippen LogP contribution is 2.23. The number of alkyl halides is 3. The summed E-state index contributed by atoms with van der Waals surface area (Å²) in [4.78, 5) is -0.179. The van der Waals surface area contributed by atoms with Gasteiger partial charge < -0.3 is 5.11 Å². The highest BCUT2D eigenvalue weighted by molar-refractivity contribution is 7.89. The lowest BCUT2D eigenvalue weighted by Gasteiger charge is -2.23. The largest absolute Gasteiger partial charge is 0.402 e. The SMILES string of the molecule is CCCN(CC(F)(F)F)S(=O)(=O)c1ccc(CCO)cc1. The van der Waals surface area contributed by atoms with E-state index in [0.29, 0.717) is 16.3 Å². The van der Waals surface area contributed by atoms with Gasteiger partial charge >= 0.3 is 6.18 Å². The lowest BCUT2D eigenvalue weighted by atomic mass is 10.2. The van der Waals surface area contributed by atoms with Gasteiger partial charge in [0, 0.05) is 13.2 Å². The van der Waals surface area contributed by atoms with Crippen molar-refractivity contribution >= 4 is 10.0 Å². The topological polar surface area (TPSA) is 57.6 Å². The van der Waals surface area contributed by atoms with Crippen molar-refractivity contribution in [2.45, 2.75) is 30.8 Å². The van der Waals surface area contributed by atoms with Crippen molar-refractivity contribution in [1.29, 1.82) is 0 Å². The van der Waals surface area contributed by atoms with Crippen molar-refractivity contribution in [3.8, 4) is 0 Å². The summed E-state index contributed by atoms with van der Waals surface area (Å²) < 4.78 is 62.4. The van der Waals surface area contributed by atoms with Gasteiger partial charge in [-0.25, -0.2) is 8.42 Å². The minimum absolute atomic E-state index is 0.0812. The molecule has 1 aromatic rings. The number of rotatable bonds is 7. The molecule has 0 saturated carbocycles. The molecule has 1 rings (SSSR count). The third-order valence-corrected chi connectivity index (χ3v) is 4.65. The van der Waals surface area contributed by atoms with Crippen LogP contribution in [-0.4, -0.2) is 43.7 Å². The second-order valence-corrected chi connectivity index (χ2v) is 6.51. The van der Waals surface area contributed by atoms with Gasteiger partial charge in [0.05, 0.1) is 4.90 Å². The molecule has 1 aromatic carbocycles. The summed E-state index contributed by atoms with van der Waals surface area (Å²) in [6.45, 7) is -0.160. The molecule has 0 aliphatic rings. The molecule has 0 amide bonds. The van der Waals surface area contributed by atoms with E-state index in [1.807, 2.05) is 0 Å². The number of hydrogen-bond donors (Lipinski definition) is 1. The lowest BCUT2D eigenvalue weighted by Crippen LogP contribution is -2.39. The Morgan fingerprint density at radius 2 is 1.76 bits per heavy atom. The average molecular weight is 325 g/mol. The predicted molar refractivity (Wildman–Crippen MR) is 72.3 cm³/mol. The number of hydrogen-bond acceptors (Lipinski definition) is 3. The molecule has 120 valence electrons. The van der Waals surface area contributed by atoms with E-state index in [1.165, 1.54) is 24.3 Å². The van der Waals surface area contributed by atoms with Gasteiger partial charge in [-0.2, -0.15) is 17.5 Å². The Hall–Kier alpha value is -1.12. The van der Waals surface area contributed by atoms with Crippen molar-refractivity contribution in [1.82, 2.24) is 4.31 Å². The molecular weight excluding hydrogens is 307 g/mol. The number of benzene rings is 1. The Labute approximate surface area is 122 Å². The fraction of sp³-hybridized carbons (Fsp3) is 0.538. The van der Waals surface area contributed by atoms with Crippen molar-refractivity contribution in [2.24, 2.45) is 0 Å². The maximum absolute atomic E-state index is 12.5. The third kappa shape index (κ3) is 5.29. The van der Waals surface area contributed by atoms with Gasteiger partial charge in [0.15, 0.2) is 0 Å². The van der Waals surface area contributed by atoms with E-state index in [4.69, 9.17) is 5.11 Å². The maximum Gasteiger partial charge on any atom is 0.402 e. The first-order chi connectivity index (χ1) is 9.70. The van der Waals surface area contributed by atoms with Crippen LogP contribution < -0.4 is 0 Å². The summed E-state index contributed by atoms with van der Waals surface area (Å²) in [5.74, 6) is 0. The Morgan fingerprint density at radius 1 is 1.19 bits per heavy atom. The summed E-state index contributed by atoms with van der Waals surface area (Å²) in [7, 11) is -4.18. The van der Waals surface area contributed by atoms with Crippen molar-refractivity contribution in [3.63, 3.8) is 0 Å². The Bertz CT molecular complexity index is 541. The van der Waals surface area contributed by atoms with Crippen molar-refractivity contribution < 1.29 is 26.7 Å². The number of aliphatic hydroxyl groups is 1. The molecule has 8 heteroatoms. The lowest BCUT2D eigenvalue weighted by molar-refractivity contribution is -0.136. The molecule has 21 heavy (non-hydrogen) atoms. The first kappa shape index (κ1) is 17.9. The zero-order valence-electron chi connectivity index (χ0n) is 11.6. The summed E-state index contributed by atoms with van der Waals surface area (Å²) in [5.41, 5.74) is 0.717. The van der Waals surface area contributed by atoms with Gasteiger partial charge in [-0.3, -0.25) is 0 Å². The molecule has 0 heterocycles. The van der Waals surface area contributed by atoms with Crippen LogP contribution in [0.5, 0.6) is 0 Å². The van der Waals surface area contributed by atoms with Gasteiger partial charge in [-0.15, -0.1) is 0 Å². The van der Waals surface area contributed by atoms with Gasteiger partial charge in [-0.05, 0) is 30.5 Å². The quantitative estimate of drug-likeness (QED) is 0.836. The molecule has 0 spiro atoms. The number of nitrogens with zero attached hydrogens (tertiary/aromatic N) is 1. The summed E-state index contributed by atoms with van der Waals surface area (Å²) in [6, 6.07) is 5.50. The van der Waals surface area contributed by atoms with E-state index in [2.05, 4.69) is 0 Å². The van der Waals surface area contributed by atoms with Crippen LogP contribution in [0.15, 0.2) is 29.2 Å². The van der Waals surface area contributed by atoms with E-state index in [1.54, 1.807) is 6.92 Å². The van der Waals surface area contributed by atoms with Crippen LogP contribution in [0.25, 0.3) is 0 Å². The molecule has 0 atom stereocenters. The van der Waals surface area contributed by atoms with E-state index in [9.17, 15) is 21.6 Å². The predicted octanol–water partition coefficient (Wildman–Crippen LogP) is 2.18. The van der Waals surface area contributed by atoms with Crippen LogP contribution in [0.3, 0.4) is 0 Å². The van der Waals surface area contributed by atoms with Crippen molar-refractivity contribution in [3.05, 3.63) is 29.8 Å². The molecule has 4 nitrogen and oxygen atoms in total. The van der Waals surface area contributed by atoms with Crippen LogP contribution in [0.1, 0.15) is 18.9 Å². The molecule has 1 N–H and O–H groups in total. The molecule has 0 bridgehead atoms. The molecule has 0 radical (unpaired) electrons. The van der Waals surface area contributed by atoms with Gasteiger partial charge in [-0.1, -0.05) is 19.1 Å². The smallest absolute Gasteiger partial charge is 0.396 e. The third-order valence-electron chi connectivity index (χ3n) is 2.79. The molecule has 0 unspecified atom stereocenters. The molecule has 0 aromatic heterocycles. The van der Waals surface area contributed by atoms with E-state index in [-0.39, 0.29) is 24.5 Å².